The number of hydrogen-bond acceptors (Lipinski definition) is 0. The van der Waals surface area contributed by atoms with Crippen LogP contribution in [0, 0.1) is 18.6 Å². The van der Waals surface area contributed by atoms with Gasteiger partial charge in [0.25, 0.3) is 0 Å². The standard InChI is InChI=1S/C16H18F2/c1-3-4-5-6-12-8-14-9-15(17)11(2)7-13(14)10-16(12)18/h7-10H,3-6H2,1-2H3. The molecule has 0 aliphatic rings. The number of fused-ring (bicyclic) bond motifs is 1. The predicted octanol–water partition coefficient (Wildman–Crippen LogP) is 5.16. The van der Waals surface area contributed by atoms with Crippen LogP contribution in [0.1, 0.15) is 37.3 Å². The van der Waals surface area contributed by atoms with Crippen LogP contribution in [-0.4, -0.2) is 0 Å². The van der Waals surface area contributed by atoms with Crippen molar-refractivity contribution >= 4 is 10.8 Å². The van der Waals surface area contributed by atoms with Crippen LogP contribution in [0.5, 0.6) is 0 Å². The SMILES string of the molecule is CCCCCc1cc2cc(F)c(C)cc2cc1F. The third kappa shape index (κ3) is 2.69. The van der Waals surface area contributed by atoms with Gasteiger partial charge in [-0.2, -0.15) is 0 Å². The Bertz CT molecular complexity index is 559. The second-order valence-corrected chi connectivity index (χ2v) is 4.85. The van der Waals surface area contributed by atoms with Gasteiger partial charge in [-0.1, -0.05) is 19.8 Å². The van der Waals surface area contributed by atoms with Crippen LogP contribution in [-0.2, 0) is 6.42 Å². The Hall–Kier alpha value is -1.44. The Kier molecular flexibility index (Phi) is 3.95. The minimum absolute atomic E-state index is 0.176. The summed E-state index contributed by atoms with van der Waals surface area (Å²) in [6.07, 6.45) is 3.92. The van der Waals surface area contributed by atoms with Crippen molar-refractivity contribution in [1.29, 1.82) is 0 Å². The lowest BCUT2D eigenvalue weighted by Crippen LogP contribution is -1.93. The first kappa shape index (κ1) is 13.0. The van der Waals surface area contributed by atoms with Gasteiger partial charge in [0.2, 0.25) is 0 Å². The van der Waals surface area contributed by atoms with E-state index < -0.39 is 0 Å². The highest BCUT2D eigenvalue weighted by Crippen LogP contribution is 2.23. The highest BCUT2D eigenvalue weighted by Gasteiger charge is 2.07. The molecule has 0 amide bonds. The second kappa shape index (κ2) is 5.47. The highest BCUT2D eigenvalue weighted by molar-refractivity contribution is 5.84. The van der Waals surface area contributed by atoms with Crippen LogP contribution in [0.25, 0.3) is 10.8 Å². The Labute approximate surface area is 107 Å². The van der Waals surface area contributed by atoms with E-state index in [0.29, 0.717) is 11.1 Å². The van der Waals surface area contributed by atoms with Crippen molar-refractivity contribution in [3.8, 4) is 0 Å². The summed E-state index contributed by atoms with van der Waals surface area (Å²) in [5.74, 6) is -0.404. The molecule has 0 aliphatic carbocycles. The molecule has 96 valence electrons. The Morgan fingerprint density at radius 1 is 0.889 bits per heavy atom. The first-order valence-electron chi connectivity index (χ1n) is 6.50. The van der Waals surface area contributed by atoms with Crippen molar-refractivity contribution < 1.29 is 8.78 Å². The molecule has 0 saturated heterocycles. The summed E-state index contributed by atoms with van der Waals surface area (Å²) in [5.41, 5.74) is 1.25. The molecule has 0 heterocycles. The lowest BCUT2D eigenvalue weighted by molar-refractivity contribution is 0.600. The van der Waals surface area contributed by atoms with Gasteiger partial charge in [-0.3, -0.25) is 0 Å². The number of hydrogen-bond donors (Lipinski definition) is 0. The third-order valence-electron chi connectivity index (χ3n) is 3.33. The zero-order valence-corrected chi connectivity index (χ0v) is 10.9. The molecule has 2 aromatic carbocycles. The van der Waals surface area contributed by atoms with Gasteiger partial charge in [0.15, 0.2) is 0 Å². The van der Waals surface area contributed by atoms with E-state index in [1.165, 1.54) is 12.1 Å². The fourth-order valence-corrected chi connectivity index (χ4v) is 2.21. The summed E-state index contributed by atoms with van der Waals surface area (Å²) < 4.78 is 27.4. The van der Waals surface area contributed by atoms with Crippen molar-refractivity contribution in [3.05, 3.63) is 47.0 Å². The van der Waals surface area contributed by atoms with Crippen LogP contribution in [0.4, 0.5) is 8.78 Å². The summed E-state index contributed by atoms with van der Waals surface area (Å²) in [4.78, 5) is 0. The molecule has 2 rings (SSSR count). The van der Waals surface area contributed by atoms with E-state index in [9.17, 15) is 8.78 Å². The molecule has 0 spiro atoms. The Morgan fingerprint density at radius 2 is 1.56 bits per heavy atom. The van der Waals surface area contributed by atoms with E-state index in [0.717, 1.165) is 36.5 Å². The molecule has 0 fully saturated rings. The van der Waals surface area contributed by atoms with E-state index in [1.54, 1.807) is 19.1 Å². The maximum Gasteiger partial charge on any atom is 0.127 e. The number of rotatable bonds is 4. The molecule has 0 nitrogen and oxygen atoms in total. The topological polar surface area (TPSA) is 0 Å². The number of aryl methyl sites for hydroxylation is 2. The molecule has 0 saturated carbocycles. The van der Waals surface area contributed by atoms with Gasteiger partial charge < -0.3 is 0 Å². The van der Waals surface area contributed by atoms with Gasteiger partial charge >= 0.3 is 0 Å². The van der Waals surface area contributed by atoms with Crippen molar-refractivity contribution in [2.45, 2.75) is 39.5 Å². The molecule has 2 aromatic rings. The molecular formula is C16H18F2. The maximum atomic E-state index is 13.9. The molecule has 0 aliphatic heterocycles. The van der Waals surface area contributed by atoms with E-state index in [-0.39, 0.29) is 11.6 Å². The summed E-state index contributed by atoms with van der Waals surface area (Å²) >= 11 is 0. The van der Waals surface area contributed by atoms with Crippen molar-refractivity contribution in [3.63, 3.8) is 0 Å². The molecular weight excluding hydrogens is 230 g/mol. The van der Waals surface area contributed by atoms with Crippen LogP contribution in [0.15, 0.2) is 24.3 Å². The Balaban J connectivity index is 2.38. The first-order valence-corrected chi connectivity index (χ1v) is 6.50. The fraction of sp³-hybridized carbons (Fsp3) is 0.375. The minimum atomic E-state index is -0.228. The van der Waals surface area contributed by atoms with Crippen LogP contribution in [0.3, 0.4) is 0 Å². The van der Waals surface area contributed by atoms with Gasteiger partial charge in [0.1, 0.15) is 11.6 Å². The smallest absolute Gasteiger partial charge is 0.127 e. The highest BCUT2D eigenvalue weighted by atomic mass is 19.1. The zero-order valence-electron chi connectivity index (χ0n) is 10.9. The summed E-state index contributed by atoms with van der Waals surface area (Å²) in [6, 6.07) is 6.49. The Morgan fingerprint density at radius 3 is 2.28 bits per heavy atom. The van der Waals surface area contributed by atoms with Crippen molar-refractivity contribution in [1.82, 2.24) is 0 Å². The molecule has 0 radical (unpaired) electrons. The van der Waals surface area contributed by atoms with Gasteiger partial charge in [-0.15, -0.1) is 0 Å². The normalized spacial score (nSPS) is 11.1. The first-order chi connectivity index (χ1) is 8.61. The molecule has 0 bridgehead atoms. The summed E-state index contributed by atoms with van der Waals surface area (Å²) in [7, 11) is 0. The van der Waals surface area contributed by atoms with E-state index in [2.05, 4.69) is 6.92 Å². The summed E-state index contributed by atoms with van der Waals surface area (Å²) in [6.45, 7) is 3.82. The fourth-order valence-electron chi connectivity index (χ4n) is 2.21. The zero-order chi connectivity index (χ0) is 13.1. The van der Waals surface area contributed by atoms with E-state index >= 15 is 0 Å². The lowest BCUT2D eigenvalue weighted by atomic mass is 10.0. The van der Waals surface area contributed by atoms with E-state index in [1.807, 2.05) is 0 Å². The molecule has 0 unspecified atom stereocenters. The lowest BCUT2D eigenvalue weighted by Gasteiger charge is -2.07. The molecule has 0 aromatic heterocycles. The van der Waals surface area contributed by atoms with Gasteiger partial charge in [0, 0.05) is 0 Å². The van der Waals surface area contributed by atoms with Gasteiger partial charge in [-0.25, -0.2) is 8.78 Å². The van der Waals surface area contributed by atoms with Gasteiger partial charge in [0.05, 0.1) is 0 Å². The summed E-state index contributed by atoms with van der Waals surface area (Å²) in [5, 5.41) is 1.55. The maximum absolute atomic E-state index is 13.9. The second-order valence-electron chi connectivity index (χ2n) is 4.85. The van der Waals surface area contributed by atoms with E-state index in [4.69, 9.17) is 0 Å². The van der Waals surface area contributed by atoms with Crippen molar-refractivity contribution in [2.24, 2.45) is 0 Å². The third-order valence-corrected chi connectivity index (χ3v) is 3.33. The molecule has 0 atom stereocenters. The van der Waals surface area contributed by atoms with Crippen LogP contribution >= 0.6 is 0 Å². The van der Waals surface area contributed by atoms with Crippen LogP contribution in [0.2, 0.25) is 0 Å². The number of halogens is 2. The predicted molar refractivity (Wildman–Crippen MR) is 71.8 cm³/mol. The van der Waals surface area contributed by atoms with Crippen molar-refractivity contribution in [2.75, 3.05) is 0 Å². The van der Waals surface area contributed by atoms with Crippen LogP contribution < -0.4 is 0 Å². The average molecular weight is 248 g/mol. The quantitative estimate of drug-likeness (QED) is 0.656. The van der Waals surface area contributed by atoms with Gasteiger partial charge in [-0.05, 0) is 65.9 Å². The minimum Gasteiger partial charge on any atom is -0.207 e. The monoisotopic (exact) mass is 248 g/mol. The molecule has 2 heteroatoms. The molecule has 18 heavy (non-hydrogen) atoms. The average Bonchev–Trinajstić information content (AvgIpc) is 2.33. The number of benzene rings is 2. The largest absolute Gasteiger partial charge is 0.207 e. The molecule has 0 N–H and O–H groups in total. The number of unbranched alkanes of at least 4 members (excludes halogenated alkanes) is 2.